The molecule has 0 aromatic heterocycles. The van der Waals surface area contributed by atoms with Crippen LogP contribution in [0.2, 0.25) is 0 Å². The van der Waals surface area contributed by atoms with Crippen LogP contribution < -0.4 is 11.1 Å². The number of nitrogens with one attached hydrogen (secondary N) is 1. The van der Waals surface area contributed by atoms with Crippen LogP contribution in [-0.4, -0.2) is 19.0 Å². The highest BCUT2D eigenvalue weighted by Gasteiger charge is 2.43. The third kappa shape index (κ3) is 3.95. The van der Waals surface area contributed by atoms with E-state index in [9.17, 15) is 4.79 Å². The molecular weight excluding hydrogens is 260 g/mol. The van der Waals surface area contributed by atoms with Gasteiger partial charge in [0.05, 0.1) is 0 Å². The molecule has 0 radical (unpaired) electrons. The lowest BCUT2D eigenvalue weighted by atomic mass is 10.00. The topological polar surface area (TPSA) is 55.1 Å². The van der Waals surface area contributed by atoms with Crippen molar-refractivity contribution in [2.24, 2.45) is 11.7 Å². The molecule has 0 spiro atoms. The highest BCUT2D eigenvalue weighted by molar-refractivity contribution is 5.85. The summed E-state index contributed by atoms with van der Waals surface area (Å²) in [5, 5.41) is 2.86. The van der Waals surface area contributed by atoms with Crippen molar-refractivity contribution in [2.75, 3.05) is 13.1 Å². The quantitative estimate of drug-likeness (QED) is 0.871. The number of hydrogen-bond donors (Lipinski definition) is 2. The lowest BCUT2D eigenvalue weighted by Crippen LogP contribution is -2.30. The molecule has 1 aliphatic rings. The number of nitrogens with two attached hydrogens (primary N) is 1. The van der Waals surface area contributed by atoms with E-state index in [0.29, 0.717) is 24.9 Å². The Kier molecular flexibility index (Phi) is 5.83. The highest BCUT2D eigenvalue weighted by atomic mass is 35.5. The summed E-state index contributed by atoms with van der Waals surface area (Å²) < 4.78 is 0. The van der Waals surface area contributed by atoms with Crippen molar-refractivity contribution >= 4 is 18.3 Å². The van der Waals surface area contributed by atoms with Crippen molar-refractivity contribution in [1.29, 1.82) is 0 Å². The fourth-order valence-corrected chi connectivity index (χ4v) is 2.31. The summed E-state index contributed by atoms with van der Waals surface area (Å²) in [5.74, 6) is 1.27. The van der Waals surface area contributed by atoms with Crippen molar-refractivity contribution in [3.63, 3.8) is 0 Å². The molecule has 1 aromatic rings. The Morgan fingerprint density at radius 3 is 2.53 bits per heavy atom. The van der Waals surface area contributed by atoms with Gasteiger partial charge in [0.2, 0.25) is 5.91 Å². The predicted octanol–water partition coefficient (Wildman–Crippen LogP) is 2.41. The zero-order chi connectivity index (χ0) is 13.1. The number of benzene rings is 1. The van der Waals surface area contributed by atoms with Crippen molar-refractivity contribution in [2.45, 2.75) is 32.1 Å². The van der Waals surface area contributed by atoms with Gasteiger partial charge >= 0.3 is 0 Å². The molecule has 1 amide bonds. The summed E-state index contributed by atoms with van der Waals surface area (Å²) in [5.41, 5.74) is 8.01. The molecule has 0 heterocycles. The van der Waals surface area contributed by atoms with Gasteiger partial charge in [0.1, 0.15) is 0 Å². The molecule has 1 aliphatic carbocycles. The van der Waals surface area contributed by atoms with E-state index in [1.807, 2.05) is 0 Å². The van der Waals surface area contributed by atoms with E-state index in [1.54, 1.807) is 0 Å². The van der Waals surface area contributed by atoms with Gasteiger partial charge in [0, 0.05) is 19.0 Å². The smallest absolute Gasteiger partial charge is 0.223 e. The van der Waals surface area contributed by atoms with Gasteiger partial charge < -0.3 is 11.1 Å². The van der Waals surface area contributed by atoms with Crippen LogP contribution in [0.4, 0.5) is 0 Å². The Morgan fingerprint density at radius 1 is 1.37 bits per heavy atom. The van der Waals surface area contributed by atoms with E-state index in [1.165, 1.54) is 11.1 Å². The van der Waals surface area contributed by atoms with Crippen LogP contribution in [0.25, 0.3) is 0 Å². The Labute approximate surface area is 121 Å². The first kappa shape index (κ1) is 16.0. The minimum atomic E-state index is 0. The largest absolute Gasteiger partial charge is 0.355 e. The molecule has 1 fully saturated rings. The van der Waals surface area contributed by atoms with E-state index < -0.39 is 0 Å². The first-order chi connectivity index (χ1) is 8.63. The maximum atomic E-state index is 11.8. The van der Waals surface area contributed by atoms with Gasteiger partial charge in [-0.15, -0.1) is 12.4 Å². The molecule has 3 nitrogen and oxygen atoms in total. The predicted molar refractivity (Wildman–Crippen MR) is 80.7 cm³/mol. The molecule has 106 valence electrons. The molecular formula is C15H23ClN2O. The molecule has 4 heteroatoms. The van der Waals surface area contributed by atoms with Crippen LogP contribution in [-0.2, 0) is 4.79 Å². The Morgan fingerprint density at radius 2 is 2.00 bits per heavy atom. The van der Waals surface area contributed by atoms with Crippen molar-refractivity contribution in [3.05, 3.63) is 35.4 Å². The van der Waals surface area contributed by atoms with E-state index >= 15 is 0 Å². The summed E-state index contributed by atoms with van der Waals surface area (Å²) in [6.07, 6.45) is 0.970. The standard InChI is InChI=1S/C15H22N2O.ClH/c1-10(2)11-3-5-12(6-4-11)13-9-14(13)15(18)17-8-7-16;/h3-6,10,13-14H,7-9,16H2,1-2H3,(H,17,18);1H. The molecule has 19 heavy (non-hydrogen) atoms. The number of amides is 1. The molecule has 0 bridgehead atoms. The maximum absolute atomic E-state index is 11.8. The number of carbonyl (C=O) groups is 1. The maximum Gasteiger partial charge on any atom is 0.223 e. The van der Waals surface area contributed by atoms with E-state index in [0.717, 1.165) is 6.42 Å². The van der Waals surface area contributed by atoms with Crippen LogP contribution in [0.1, 0.15) is 43.2 Å². The molecule has 2 unspecified atom stereocenters. The summed E-state index contributed by atoms with van der Waals surface area (Å²) >= 11 is 0. The van der Waals surface area contributed by atoms with E-state index in [-0.39, 0.29) is 24.2 Å². The van der Waals surface area contributed by atoms with Crippen LogP contribution in [0, 0.1) is 5.92 Å². The van der Waals surface area contributed by atoms with Gasteiger partial charge in [-0.1, -0.05) is 38.1 Å². The molecule has 1 aromatic carbocycles. The monoisotopic (exact) mass is 282 g/mol. The zero-order valence-electron chi connectivity index (χ0n) is 11.6. The molecule has 3 N–H and O–H groups in total. The minimum absolute atomic E-state index is 0. The van der Waals surface area contributed by atoms with Crippen molar-refractivity contribution in [1.82, 2.24) is 5.32 Å². The average molecular weight is 283 g/mol. The molecule has 0 saturated heterocycles. The second kappa shape index (κ2) is 6.92. The Balaban J connectivity index is 0.00000180. The van der Waals surface area contributed by atoms with Crippen LogP contribution in [0.5, 0.6) is 0 Å². The zero-order valence-corrected chi connectivity index (χ0v) is 12.4. The number of rotatable bonds is 5. The van der Waals surface area contributed by atoms with Gasteiger partial charge in [-0.3, -0.25) is 4.79 Å². The van der Waals surface area contributed by atoms with E-state index in [4.69, 9.17) is 5.73 Å². The molecule has 2 rings (SSSR count). The first-order valence-electron chi connectivity index (χ1n) is 6.71. The van der Waals surface area contributed by atoms with Gasteiger partial charge in [0.25, 0.3) is 0 Å². The fraction of sp³-hybridized carbons (Fsp3) is 0.533. The number of halogens is 1. The second-order valence-corrected chi connectivity index (χ2v) is 5.35. The van der Waals surface area contributed by atoms with E-state index in [2.05, 4.69) is 43.4 Å². The Bertz CT molecular complexity index is 417. The fourth-order valence-electron chi connectivity index (χ4n) is 2.31. The summed E-state index contributed by atoms with van der Waals surface area (Å²) in [6.45, 7) is 5.46. The summed E-state index contributed by atoms with van der Waals surface area (Å²) in [7, 11) is 0. The third-order valence-electron chi connectivity index (χ3n) is 3.60. The Hall–Kier alpha value is -1.06. The first-order valence-corrected chi connectivity index (χ1v) is 6.71. The average Bonchev–Trinajstić information content (AvgIpc) is 3.16. The molecule has 0 aliphatic heterocycles. The van der Waals surface area contributed by atoms with Gasteiger partial charge in [-0.05, 0) is 29.4 Å². The lowest BCUT2D eigenvalue weighted by molar-refractivity contribution is -0.122. The SMILES string of the molecule is CC(C)c1ccc(C2CC2C(=O)NCCN)cc1.Cl. The van der Waals surface area contributed by atoms with Crippen LogP contribution >= 0.6 is 12.4 Å². The molecule has 2 atom stereocenters. The molecule has 1 saturated carbocycles. The third-order valence-corrected chi connectivity index (χ3v) is 3.60. The van der Waals surface area contributed by atoms with Gasteiger partial charge in [-0.2, -0.15) is 0 Å². The highest BCUT2D eigenvalue weighted by Crippen LogP contribution is 2.47. The van der Waals surface area contributed by atoms with Crippen LogP contribution in [0.3, 0.4) is 0 Å². The summed E-state index contributed by atoms with van der Waals surface area (Å²) in [4.78, 5) is 11.8. The number of hydrogen-bond acceptors (Lipinski definition) is 2. The number of carbonyl (C=O) groups excluding carboxylic acids is 1. The second-order valence-electron chi connectivity index (χ2n) is 5.35. The lowest BCUT2D eigenvalue weighted by Gasteiger charge is -2.07. The van der Waals surface area contributed by atoms with Gasteiger partial charge in [-0.25, -0.2) is 0 Å². The van der Waals surface area contributed by atoms with Crippen molar-refractivity contribution in [3.8, 4) is 0 Å². The minimum Gasteiger partial charge on any atom is -0.355 e. The van der Waals surface area contributed by atoms with Crippen molar-refractivity contribution < 1.29 is 4.79 Å². The normalized spacial score (nSPS) is 20.8. The van der Waals surface area contributed by atoms with Gasteiger partial charge in [0.15, 0.2) is 0 Å². The summed E-state index contributed by atoms with van der Waals surface area (Å²) in [6, 6.07) is 8.67. The van der Waals surface area contributed by atoms with Crippen LogP contribution in [0.15, 0.2) is 24.3 Å².